The second kappa shape index (κ2) is 3.81. The molecule has 0 radical (unpaired) electrons. The number of aryl methyl sites for hydroxylation is 2. The summed E-state index contributed by atoms with van der Waals surface area (Å²) in [6.45, 7) is 4.27. The van der Waals surface area contributed by atoms with Crippen molar-refractivity contribution in [2.75, 3.05) is 0 Å². The van der Waals surface area contributed by atoms with Gasteiger partial charge in [0.15, 0.2) is 5.43 Å². The lowest BCUT2D eigenvalue weighted by atomic mass is 9.50. The number of carbonyl (C=O) groups excluding carboxylic acids is 1. The molecule has 1 spiro atoms. The topological polar surface area (TPSA) is 43.4 Å². The molecular weight excluding hydrogens is 276 g/mol. The summed E-state index contributed by atoms with van der Waals surface area (Å²) in [5.74, 6) is 1.13. The molecule has 114 valence electrons. The molecule has 22 heavy (non-hydrogen) atoms. The minimum Gasteiger partial charge on any atom is -0.462 e. The molecule has 2 saturated heterocycles. The van der Waals surface area contributed by atoms with Crippen molar-refractivity contribution >= 4 is 5.97 Å². The molecule has 1 aromatic rings. The predicted octanol–water partition coefficient (Wildman–Crippen LogP) is 2.51. The highest BCUT2D eigenvalue weighted by atomic mass is 16.5. The van der Waals surface area contributed by atoms with Crippen LogP contribution in [-0.4, -0.2) is 12.1 Å². The molecule has 6 rings (SSSR count). The average Bonchev–Trinajstić information content (AvgIpc) is 2.82. The molecule has 2 aliphatic heterocycles. The standard InChI is InChI=1S/C19H20O3/c1-9-5-12(20)7-11-3-4-19-10(2)6-15(22-18(19)21)14-8-13(9)16(11)17(14)19/h5,7,10,14-15,17H,3-4,6,8H2,1-2H3/t10-,14+,15-,17-,19+/m0/s1. The number of carbonyl (C=O) groups is 1. The van der Waals surface area contributed by atoms with Gasteiger partial charge in [-0.15, -0.1) is 0 Å². The van der Waals surface area contributed by atoms with Crippen LogP contribution in [0.5, 0.6) is 0 Å². The second-order valence-electron chi connectivity index (χ2n) is 7.76. The first-order chi connectivity index (χ1) is 10.5. The van der Waals surface area contributed by atoms with Crippen LogP contribution in [0.3, 0.4) is 0 Å². The molecule has 0 aromatic heterocycles. The van der Waals surface area contributed by atoms with Gasteiger partial charge in [-0.2, -0.15) is 0 Å². The summed E-state index contributed by atoms with van der Waals surface area (Å²) in [6, 6.07) is 3.59. The van der Waals surface area contributed by atoms with E-state index in [0.29, 0.717) is 11.8 Å². The van der Waals surface area contributed by atoms with E-state index in [9.17, 15) is 9.59 Å². The molecule has 3 fully saturated rings. The number of rotatable bonds is 0. The second-order valence-corrected chi connectivity index (χ2v) is 7.76. The van der Waals surface area contributed by atoms with Crippen LogP contribution >= 0.6 is 0 Å². The van der Waals surface area contributed by atoms with E-state index >= 15 is 0 Å². The number of ether oxygens (including phenoxy) is 1. The van der Waals surface area contributed by atoms with Gasteiger partial charge in [-0.3, -0.25) is 9.59 Å². The summed E-state index contributed by atoms with van der Waals surface area (Å²) in [5.41, 5.74) is 4.72. The van der Waals surface area contributed by atoms with E-state index in [2.05, 4.69) is 6.92 Å². The molecule has 3 heteroatoms. The van der Waals surface area contributed by atoms with Crippen LogP contribution in [0.4, 0.5) is 0 Å². The van der Waals surface area contributed by atoms with Gasteiger partial charge >= 0.3 is 5.97 Å². The van der Waals surface area contributed by atoms with Gasteiger partial charge in [0.2, 0.25) is 0 Å². The fraction of sp³-hybridized carbons (Fsp3) is 0.579. The highest BCUT2D eigenvalue weighted by Gasteiger charge is 2.67. The smallest absolute Gasteiger partial charge is 0.313 e. The maximum Gasteiger partial charge on any atom is 0.313 e. The zero-order valence-corrected chi connectivity index (χ0v) is 13.0. The zero-order chi connectivity index (χ0) is 15.2. The van der Waals surface area contributed by atoms with Crippen molar-refractivity contribution in [3.05, 3.63) is 44.6 Å². The van der Waals surface area contributed by atoms with Crippen LogP contribution < -0.4 is 5.43 Å². The van der Waals surface area contributed by atoms with Crippen molar-refractivity contribution in [3.8, 4) is 0 Å². The zero-order valence-electron chi connectivity index (χ0n) is 13.0. The highest BCUT2D eigenvalue weighted by Crippen LogP contribution is 2.66. The lowest BCUT2D eigenvalue weighted by molar-refractivity contribution is -0.207. The normalized spacial score (nSPS) is 40.4. The first-order valence-electron chi connectivity index (χ1n) is 8.40. The SMILES string of the molecule is Cc1cc(=O)cc2c3c1C[C@@H]1[C@@H]4C[C@H](C)[C@@](CC2)(C(=O)O4)[C@H]31. The Morgan fingerprint density at radius 1 is 1.27 bits per heavy atom. The van der Waals surface area contributed by atoms with E-state index < -0.39 is 0 Å². The maximum atomic E-state index is 12.7. The molecule has 3 aliphatic carbocycles. The van der Waals surface area contributed by atoms with Crippen molar-refractivity contribution in [2.24, 2.45) is 17.3 Å². The van der Waals surface area contributed by atoms with E-state index in [0.717, 1.165) is 31.2 Å². The van der Waals surface area contributed by atoms with E-state index in [1.165, 1.54) is 16.7 Å². The lowest BCUT2D eigenvalue weighted by Gasteiger charge is -2.57. The van der Waals surface area contributed by atoms with Crippen molar-refractivity contribution in [2.45, 2.75) is 51.6 Å². The van der Waals surface area contributed by atoms with Gasteiger partial charge in [0.1, 0.15) is 6.10 Å². The number of hydrogen-bond acceptors (Lipinski definition) is 3. The highest BCUT2D eigenvalue weighted by molar-refractivity contribution is 5.82. The van der Waals surface area contributed by atoms with Gasteiger partial charge in [-0.1, -0.05) is 6.92 Å². The molecule has 5 aliphatic rings. The summed E-state index contributed by atoms with van der Waals surface area (Å²) >= 11 is 0. The molecule has 0 amide bonds. The minimum absolute atomic E-state index is 0.0301. The van der Waals surface area contributed by atoms with E-state index in [4.69, 9.17) is 4.74 Å². The Kier molecular flexibility index (Phi) is 2.23. The van der Waals surface area contributed by atoms with Crippen molar-refractivity contribution < 1.29 is 9.53 Å². The van der Waals surface area contributed by atoms with Crippen LogP contribution in [0.15, 0.2) is 16.9 Å². The molecule has 3 nitrogen and oxygen atoms in total. The molecule has 5 atom stereocenters. The molecular formula is C19H20O3. The third-order valence-corrected chi connectivity index (χ3v) is 6.95. The first kappa shape index (κ1) is 12.9. The number of fused-ring (bicyclic) bond motifs is 2. The Morgan fingerprint density at radius 3 is 2.86 bits per heavy atom. The van der Waals surface area contributed by atoms with E-state index in [1.807, 2.05) is 13.0 Å². The van der Waals surface area contributed by atoms with Crippen LogP contribution in [0, 0.1) is 24.2 Å². The Labute approximate surface area is 129 Å². The van der Waals surface area contributed by atoms with Crippen molar-refractivity contribution in [1.82, 2.24) is 0 Å². The molecule has 2 heterocycles. The van der Waals surface area contributed by atoms with Crippen molar-refractivity contribution in [1.29, 1.82) is 0 Å². The number of hydrogen-bond donors (Lipinski definition) is 0. The monoisotopic (exact) mass is 296 g/mol. The molecule has 2 bridgehead atoms. The average molecular weight is 296 g/mol. The Bertz CT molecular complexity index is 781. The van der Waals surface area contributed by atoms with Crippen LogP contribution in [0.2, 0.25) is 0 Å². The van der Waals surface area contributed by atoms with Gasteiger partial charge < -0.3 is 4.74 Å². The van der Waals surface area contributed by atoms with Crippen LogP contribution in [0.25, 0.3) is 0 Å². The van der Waals surface area contributed by atoms with E-state index in [-0.39, 0.29) is 28.8 Å². The van der Waals surface area contributed by atoms with Gasteiger partial charge in [0.25, 0.3) is 0 Å². The predicted molar refractivity (Wildman–Crippen MR) is 81.8 cm³/mol. The fourth-order valence-electron chi connectivity index (χ4n) is 6.01. The van der Waals surface area contributed by atoms with Crippen LogP contribution in [0.1, 0.15) is 47.9 Å². The molecule has 0 unspecified atom stereocenters. The number of esters is 1. The fourth-order valence-corrected chi connectivity index (χ4v) is 6.01. The van der Waals surface area contributed by atoms with Crippen molar-refractivity contribution in [3.63, 3.8) is 0 Å². The Morgan fingerprint density at radius 2 is 2.09 bits per heavy atom. The van der Waals surface area contributed by atoms with Gasteiger partial charge in [0.05, 0.1) is 5.41 Å². The lowest BCUT2D eigenvalue weighted by Crippen LogP contribution is -2.60. The molecule has 1 aromatic carbocycles. The summed E-state index contributed by atoms with van der Waals surface area (Å²) < 4.78 is 5.81. The van der Waals surface area contributed by atoms with Gasteiger partial charge in [0, 0.05) is 11.8 Å². The Hall–Kier alpha value is -1.64. The van der Waals surface area contributed by atoms with Gasteiger partial charge in [-0.05, 0) is 72.9 Å². The molecule has 1 saturated carbocycles. The summed E-state index contributed by atoms with van der Waals surface area (Å²) in [7, 11) is 0. The third-order valence-electron chi connectivity index (χ3n) is 6.95. The Balaban J connectivity index is 1.86. The van der Waals surface area contributed by atoms with Gasteiger partial charge in [-0.25, -0.2) is 0 Å². The summed E-state index contributed by atoms with van der Waals surface area (Å²) in [5, 5.41) is 0. The minimum atomic E-state index is -0.332. The summed E-state index contributed by atoms with van der Waals surface area (Å²) in [4.78, 5) is 24.8. The largest absolute Gasteiger partial charge is 0.462 e. The van der Waals surface area contributed by atoms with E-state index in [1.54, 1.807) is 6.07 Å². The van der Waals surface area contributed by atoms with Crippen LogP contribution in [-0.2, 0) is 22.4 Å². The first-order valence-corrected chi connectivity index (χ1v) is 8.40. The molecule has 0 N–H and O–H groups in total. The summed E-state index contributed by atoms with van der Waals surface area (Å²) in [6.07, 6.45) is 3.73. The maximum absolute atomic E-state index is 12.7. The quantitative estimate of drug-likeness (QED) is 0.691. The third kappa shape index (κ3) is 1.26.